The first-order chi connectivity index (χ1) is 17.5. The zero-order valence-electron chi connectivity index (χ0n) is 21.6. The predicted molar refractivity (Wildman–Crippen MR) is 142 cm³/mol. The Hall–Kier alpha value is -3.36. The highest BCUT2D eigenvalue weighted by Gasteiger charge is 2.26. The number of nitrogens with one attached hydrogen (secondary N) is 1. The van der Waals surface area contributed by atoms with E-state index in [0.717, 1.165) is 67.3 Å². The molecule has 1 aromatic heterocycles. The maximum Gasteiger partial charge on any atom is 0.254 e. The molecule has 192 valence electrons. The lowest BCUT2D eigenvalue weighted by atomic mass is 10.0. The molecular weight excluding hydrogens is 456 g/mol. The second kappa shape index (κ2) is 12.1. The number of morpholine rings is 1. The summed E-state index contributed by atoms with van der Waals surface area (Å²) in [5.74, 6) is 0.622. The Balaban J connectivity index is 1.67. The first-order valence-corrected chi connectivity index (χ1v) is 12.4. The second-order valence-electron chi connectivity index (χ2n) is 9.05. The molecule has 0 unspecified atom stereocenters. The van der Waals surface area contributed by atoms with E-state index in [2.05, 4.69) is 19.9 Å². The molecule has 2 heterocycles. The van der Waals surface area contributed by atoms with Gasteiger partial charge in [0, 0.05) is 37.3 Å². The second-order valence-corrected chi connectivity index (χ2v) is 9.05. The normalized spacial score (nSPS) is 15.6. The molecule has 8 nitrogen and oxygen atoms in total. The number of rotatable bonds is 10. The average molecular weight is 493 g/mol. The van der Waals surface area contributed by atoms with E-state index in [1.807, 2.05) is 62.4 Å². The van der Waals surface area contributed by atoms with E-state index in [-0.39, 0.29) is 11.9 Å². The van der Waals surface area contributed by atoms with Crippen LogP contribution in [0.15, 0.2) is 53.7 Å². The van der Waals surface area contributed by atoms with Crippen LogP contribution < -0.4 is 10.1 Å². The summed E-state index contributed by atoms with van der Waals surface area (Å²) in [6, 6.07) is 15.6. The zero-order valence-corrected chi connectivity index (χ0v) is 21.6. The van der Waals surface area contributed by atoms with Crippen molar-refractivity contribution < 1.29 is 19.1 Å². The number of nitrogens with zero attached hydrogens (tertiary/aromatic N) is 3. The van der Waals surface area contributed by atoms with Crippen molar-refractivity contribution in [2.45, 2.75) is 32.9 Å². The number of fused-ring (bicyclic) bond motifs is 1. The van der Waals surface area contributed by atoms with Gasteiger partial charge in [0.1, 0.15) is 12.9 Å². The molecule has 8 heteroatoms. The van der Waals surface area contributed by atoms with Crippen molar-refractivity contribution in [2.75, 3.05) is 47.1 Å². The van der Waals surface area contributed by atoms with E-state index < -0.39 is 0 Å². The number of oxime groups is 1. The van der Waals surface area contributed by atoms with Gasteiger partial charge in [0.25, 0.3) is 5.91 Å². The molecular formula is C28H36N4O4. The van der Waals surface area contributed by atoms with Crippen LogP contribution in [0.25, 0.3) is 10.9 Å². The Labute approximate surface area is 212 Å². The number of methoxy groups -OCH3 is 1. The van der Waals surface area contributed by atoms with Crippen molar-refractivity contribution in [3.05, 3.63) is 65.4 Å². The number of benzene rings is 2. The summed E-state index contributed by atoms with van der Waals surface area (Å²) < 4.78 is 13.4. The van der Waals surface area contributed by atoms with E-state index in [1.165, 1.54) is 7.11 Å². The van der Waals surface area contributed by atoms with Crippen molar-refractivity contribution in [1.82, 2.24) is 14.8 Å². The summed E-state index contributed by atoms with van der Waals surface area (Å²) in [5.41, 5.74) is 4.34. The summed E-state index contributed by atoms with van der Waals surface area (Å²) in [4.78, 5) is 21.2. The molecule has 0 radical (unpaired) electrons. The standard InChI is InChI=1S/C28H36N4O4/c1-20(30-35-4)24(19-22-9-6-5-7-10-22)29-28(33)26-21(2)32(14-13-31-15-17-36-18-16-31)27-23(26)11-8-12-25(27)34-3/h5-12,24H,13-19H2,1-4H3,(H,29,33)/b30-20+/t24-/m0/s1. The van der Waals surface area contributed by atoms with Gasteiger partial charge in [-0.3, -0.25) is 9.69 Å². The SMILES string of the molecule is CO/N=C(\C)[C@H](Cc1ccccc1)NC(=O)c1c(C)n(CCN2CCOCC2)c2c(OC)cccc12. The van der Waals surface area contributed by atoms with Gasteiger partial charge in [-0.1, -0.05) is 47.6 Å². The van der Waals surface area contributed by atoms with E-state index >= 15 is 0 Å². The lowest BCUT2D eigenvalue weighted by Crippen LogP contribution is -2.41. The molecule has 0 spiro atoms. The van der Waals surface area contributed by atoms with E-state index in [9.17, 15) is 4.79 Å². The fourth-order valence-electron chi connectivity index (χ4n) is 4.89. The largest absolute Gasteiger partial charge is 0.495 e. The maximum atomic E-state index is 13.8. The molecule has 0 saturated carbocycles. The molecule has 1 atom stereocenters. The van der Waals surface area contributed by atoms with Crippen LogP contribution in [0.2, 0.25) is 0 Å². The minimum absolute atomic E-state index is 0.137. The maximum absolute atomic E-state index is 13.8. The quantitative estimate of drug-likeness (QED) is 0.345. The van der Waals surface area contributed by atoms with Crippen molar-refractivity contribution in [3.8, 4) is 5.75 Å². The number of ether oxygens (including phenoxy) is 2. The highest BCUT2D eigenvalue weighted by atomic mass is 16.6. The van der Waals surface area contributed by atoms with Crippen LogP contribution in [0.1, 0.15) is 28.5 Å². The number of carbonyl (C=O) groups excluding carboxylic acids is 1. The number of carbonyl (C=O) groups is 1. The molecule has 1 aliphatic rings. The van der Waals surface area contributed by atoms with E-state index in [0.29, 0.717) is 17.7 Å². The van der Waals surface area contributed by atoms with Crippen molar-refractivity contribution in [2.24, 2.45) is 5.16 Å². The topological polar surface area (TPSA) is 77.3 Å². The first kappa shape index (κ1) is 25.7. The van der Waals surface area contributed by atoms with E-state index in [4.69, 9.17) is 14.3 Å². The molecule has 1 saturated heterocycles. The van der Waals surface area contributed by atoms with E-state index in [1.54, 1.807) is 7.11 Å². The number of hydrogen-bond acceptors (Lipinski definition) is 6. The predicted octanol–water partition coefficient (Wildman–Crippen LogP) is 3.65. The van der Waals surface area contributed by atoms with Crippen LogP contribution in [0.3, 0.4) is 0 Å². The van der Waals surface area contributed by atoms with Crippen LogP contribution in [-0.2, 0) is 22.5 Å². The number of para-hydroxylation sites is 1. The Kier molecular flexibility index (Phi) is 8.61. The lowest BCUT2D eigenvalue weighted by Gasteiger charge is -2.27. The van der Waals surface area contributed by atoms with Gasteiger partial charge in [-0.15, -0.1) is 0 Å². The van der Waals surface area contributed by atoms with Crippen LogP contribution in [0, 0.1) is 6.92 Å². The minimum atomic E-state index is -0.309. The molecule has 1 aliphatic heterocycles. The molecule has 36 heavy (non-hydrogen) atoms. The number of aromatic nitrogens is 1. The smallest absolute Gasteiger partial charge is 0.254 e. The zero-order chi connectivity index (χ0) is 25.5. The van der Waals surface area contributed by atoms with Crippen molar-refractivity contribution in [1.29, 1.82) is 0 Å². The van der Waals surface area contributed by atoms with Gasteiger partial charge >= 0.3 is 0 Å². The third-order valence-corrected chi connectivity index (χ3v) is 6.82. The summed E-state index contributed by atoms with van der Waals surface area (Å²) in [6.07, 6.45) is 0.614. The van der Waals surface area contributed by atoms with Crippen LogP contribution in [0.4, 0.5) is 0 Å². The first-order valence-electron chi connectivity index (χ1n) is 12.4. The van der Waals surface area contributed by atoms with Gasteiger partial charge in [-0.25, -0.2) is 0 Å². The Morgan fingerprint density at radius 1 is 1.08 bits per heavy atom. The van der Waals surface area contributed by atoms with Crippen LogP contribution in [-0.4, -0.2) is 74.2 Å². The fourth-order valence-corrected chi connectivity index (χ4v) is 4.89. The van der Waals surface area contributed by atoms with Crippen molar-refractivity contribution in [3.63, 3.8) is 0 Å². The third kappa shape index (κ3) is 5.71. The van der Waals surface area contributed by atoms with Gasteiger partial charge in [0.15, 0.2) is 0 Å². The fraction of sp³-hybridized carbons (Fsp3) is 0.429. The molecule has 0 bridgehead atoms. The molecule has 2 aromatic carbocycles. The molecule has 1 N–H and O–H groups in total. The highest BCUT2D eigenvalue weighted by molar-refractivity contribution is 6.11. The van der Waals surface area contributed by atoms with Gasteiger partial charge in [0.05, 0.1) is 43.2 Å². The average Bonchev–Trinajstić information content (AvgIpc) is 3.19. The Bertz CT molecular complexity index is 1200. The molecule has 3 aromatic rings. The minimum Gasteiger partial charge on any atom is -0.495 e. The Morgan fingerprint density at radius 3 is 2.53 bits per heavy atom. The summed E-state index contributed by atoms with van der Waals surface area (Å²) in [5, 5.41) is 8.23. The van der Waals surface area contributed by atoms with Crippen LogP contribution >= 0.6 is 0 Å². The van der Waals surface area contributed by atoms with Gasteiger partial charge in [-0.2, -0.15) is 0 Å². The Morgan fingerprint density at radius 2 is 1.83 bits per heavy atom. The van der Waals surface area contributed by atoms with Crippen LogP contribution in [0.5, 0.6) is 5.75 Å². The van der Waals surface area contributed by atoms with Crippen molar-refractivity contribution >= 4 is 22.5 Å². The van der Waals surface area contributed by atoms with Gasteiger partial charge in [0.2, 0.25) is 0 Å². The highest BCUT2D eigenvalue weighted by Crippen LogP contribution is 2.33. The number of hydrogen-bond donors (Lipinski definition) is 1. The lowest BCUT2D eigenvalue weighted by molar-refractivity contribution is 0.0365. The number of amides is 1. The summed E-state index contributed by atoms with van der Waals surface area (Å²) >= 11 is 0. The molecule has 1 fully saturated rings. The third-order valence-electron chi connectivity index (χ3n) is 6.82. The summed E-state index contributed by atoms with van der Waals surface area (Å²) in [7, 11) is 3.19. The van der Waals surface area contributed by atoms with Gasteiger partial charge in [-0.05, 0) is 31.9 Å². The monoisotopic (exact) mass is 492 g/mol. The molecule has 4 rings (SSSR count). The molecule has 1 amide bonds. The van der Waals surface area contributed by atoms with Gasteiger partial charge < -0.3 is 24.2 Å². The summed E-state index contributed by atoms with van der Waals surface area (Å²) in [6.45, 7) is 8.87. The molecule has 0 aliphatic carbocycles.